The first kappa shape index (κ1) is 25.4. The summed E-state index contributed by atoms with van der Waals surface area (Å²) < 4.78 is 0. The minimum Gasteiger partial charge on any atom is -0.508 e. The zero-order chi connectivity index (χ0) is 23.1. The lowest BCUT2D eigenvalue weighted by Crippen LogP contribution is -2.46. The molecule has 0 heterocycles. The summed E-state index contributed by atoms with van der Waals surface area (Å²) in [7, 11) is 0. The number of ketones is 1. The summed E-state index contributed by atoms with van der Waals surface area (Å²) in [4.78, 5) is 25.1. The van der Waals surface area contributed by atoms with Gasteiger partial charge in [-0.2, -0.15) is 0 Å². The second-order valence-electron chi connectivity index (χ2n) is 8.43. The molecule has 0 bridgehead atoms. The highest BCUT2D eigenvalue weighted by molar-refractivity contribution is 6.10. The van der Waals surface area contributed by atoms with Crippen molar-refractivity contribution in [1.82, 2.24) is 0 Å². The lowest BCUT2D eigenvalue weighted by Gasteiger charge is -2.37. The van der Waals surface area contributed by atoms with Crippen molar-refractivity contribution >= 4 is 11.8 Å². The summed E-state index contributed by atoms with van der Waals surface area (Å²) >= 11 is 0. The third-order valence-electron chi connectivity index (χ3n) is 5.64. The van der Waals surface area contributed by atoms with Gasteiger partial charge in [0.2, 0.25) is 0 Å². The van der Waals surface area contributed by atoms with Crippen molar-refractivity contribution in [3.8, 4) is 11.5 Å². The number of phenolic OH excluding ortho intramolecular Hbond substituents is 2. The van der Waals surface area contributed by atoms with E-state index in [1.165, 1.54) is 24.6 Å². The van der Waals surface area contributed by atoms with E-state index < -0.39 is 34.9 Å². The number of aliphatic carboxylic acids is 1. The molecular weight excluding hydrogens is 384 g/mol. The van der Waals surface area contributed by atoms with Gasteiger partial charge in [-0.3, -0.25) is 9.59 Å². The van der Waals surface area contributed by atoms with E-state index in [1.807, 2.05) is 26.8 Å². The molecule has 0 saturated heterocycles. The van der Waals surface area contributed by atoms with Crippen LogP contribution in [0.2, 0.25) is 0 Å². The highest BCUT2D eigenvalue weighted by Gasteiger charge is 2.47. The molecule has 166 valence electrons. The van der Waals surface area contributed by atoms with E-state index in [2.05, 4.69) is 6.08 Å². The fraction of sp³-hybridized carbons (Fsp3) is 0.500. The van der Waals surface area contributed by atoms with Crippen LogP contribution in [0.3, 0.4) is 0 Å². The number of carbonyl (C=O) groups is 2. The molecule has 0 aromatic heterocycles. The van der Waals surface area contributed by atoms with E-state index in [-0.39, 0.29) is 17.7 Å². The number of carbonyl (C=O) groups excluding carboxylic acids is 1. The molecule has 4 N–H and O–H groups in total. The highest BCUT2D eigenvalue weighted by Crippen LogP contribution is 2.40. The monoisotopic (exact) mass is 418 g/mol. The molecule has 1 aromatic rings. The summed E-state index contributed by atoms with van der Waals surface area (Å²) in [6, 6.07) is 3.40. The summed E-state index contributed by atoms with van der Waals surface area (Å²) in [5.41, 5.74) is 0.976. The van der Waals surface area contributed by atoms with Gasteiger partial charge in [-0.05, 0) is 65.5 Å². The van der Waals surface area contributed by atoms with E-state index in [4.69, 9.17) is 0 Å². The van der Waals surface area contributed by atoms with Gasteiger partial charge in [-0.25, -0.2) is 0 Å². The summed E-state index contributed by atoms with van der Waals surface area (Å²) in [5.74, 6) is -4.43. The van der Waals surface area contributed by atoms with Gasteiger partial charge in [0.1, 0.15) is 17.4 Å². The first-order valence-corrected chi connectivity index (χ1v) is 10.2. The second-order valence-corrected chi connectivity index (χ2v) is 8.43. The molecular formula is C24H34O6. The Bertz CT molecular complexity index is 817. The quantitative estimate of drug-likeness (QED) is 0.232. The van der Waals surface area contributed by atoms with Crippen LogP contribution in [-0.4, -0.2) is 38.3 Å². The van der Waals surface area contributed by atoms with E-state index in [0.29, 0.717) is 6.42 Å². The number of benzene rings is 1. The third-order valence-corrected chi connectivity index (χ3v) is 5.64. The Hall–Kier alpha value is -2.60. The van der Waals surface area contributed by atoms with Gasteiger partial charge < -0.3 is 20.4 Å². The largest absolute Gasteiger partial charge is 0.508 e. The van der Waals surface area contributed by atoms with Crippen LogP contribution in [0.5, 0.6) is 11.5 Å². The summed E-state index contributed by atoms with van der Waals surface area (Å²) in [6.07, 6.45) is 5.71. The van der Waals surface area contributed by atoms with Crippen LogP contribution >= 0.6 is 0 Å². The van der Waals surface area contributed by atoms with Gasteiger partial charge in [0.15, 0.2) is 5.78 Å². The van der Waals surface area contributed by atoms with Crippen molar-refractivity contribution in [1.29, 1.82) is 0 Å². The molecule has 0 aliphatic rings. The van der Waals surface area contributed by atoms with Crippen LogP contribution in [0.4, 0.5) is 0 Å². The topological polar surface area (TPSA) is 115 Å². The number of hydrogen-bond acceptors (Lipinski definition) is 5. The fourth-order valence-electron chi connectivity index (χ4n) is 3.49. The van der Waals surface area contributed by atoms with E-state index in [1.54, 1.807) is 6.92 Å². The smallest absolute Gasteiger partial charge is 0.315 e. The van der Waals surface area contributed by atoms with Gasteiger partial charge >= 0.3 is 5.97 Å². The van der Waals surface area contributed by atoms with Gasteiger partial charge in [0.25, 0.3) is 0 Å². The SMILES string of the molecule is CC(C)=CCC/C(C)=C/CCC(C)(C(C)O)C(C(=O)O)C(=O)c1ccc(O)cc1O. The molecule has 3 atom stereocenters. The van der Waals surface area contributed by atoms with Crippen molar-refractivity contribution in [2.75, 3.05) is 0 Å². The summed E-state index contributed by atoms with van der Waals surface area (Å²) in [5, 5.41) is 39.7. The number of Topliss-reactive ketones (excluding diaryl/α,β-unsaturated/α-hetero) is 1. The standard InChI is InChI=1S/C24H34O6/c1-15(2)8-6-9-16(3)10-7-13-24(5,17(4)25)21(23(29)30)22(28)19-12-11-18(26)14-20(19)27/h8,10-12,14,17,21,25-27H,6-7,9,13H2,1-5H3,(H,29,30)/b16-10+. The molecule has 0 aliphatic heterocycles. The lowest BCUT2D eigenvalue weighted by atomic mass is 9.67. The van der Waals surface area contributed by atoms with E-state index >= 15 is 0 Å². The van der Waals surface area contributed by atoms with Crippen LogP contribution in [0, 0.1) is 11.3 Å². The minimum absolute atomic E-state index is 0.194. The zero-order valence-electron chi connectivity index (χ0n) is 18.5. The van der Waals surface area contributed by atoms with Crippen LogP contribution in [0.1, 0.15) is 70.7 Å². The normalized spacial score (nSPS) is 15.7. The number of carboxylic acid groups (broad SMARTS) is 1. The molecule has 1 aromatic carbocycles. The maximum absolute atomic E-state index is 13.0. The Labute approximate surface area is 178 Å². The van der Waals surface area contributed by atoms with Crippen molar-refractivity contribution in [3.05, 3.63) is 47.1 Å². The van der Waals surface area contributed by atoms with Crippen LogP contribution in [-0.2, 0) is 4.79 Å². The first-order valence-electron chi connectivity index (χ1n) is 10.2. The maximum Gasteiger partial charge on any atom is 0.315 e. The Morgan fingerprint density at radius 2 is 1.73 bits per heavy atom. The van der Waals surface area contributed by atoms with Crippen molar-refractivity contribution in [2.24, 2.45) is 11.3 Å². The molecule has 0 fully saturated rings. The average Bonchev–Trinajstić information content (AvgIpc) is 2.60. The molecule has 3 unspecified atom stereocenters. The Morgan fingerprint density at radius 1 is 1.10 bits per heavy atom. The number of phenols is 2. The fourth-order valence-corrected chi connectivity index (χ4v) is 3.49. The van der Waals surface area contributed by atoms with Crippen molar-refractivity contribution < 1.29 is 30.0 Å². The number of aromatic hydroxyl groups is 2. The molecule has 6 heteroatoms. The van der Waals surface area contributed by atoms with Gasteiger partial charge in [-0.1, -0.05) is 30.2 Å². The Kier molecular flexibility index (Phi) is 9.30. The van der Waals surface area contributed by atoms with Crippen molar-refractivity contribution in [3.63, 3.8) is 0 Å². The first-order chi connectivity index (χ1) is 13.9. The average molecular weight is 419 g/mol. The minimum atomic E-state index is -1.55. The highest BCUT2D eigenvalue weighted by atomic mass is 16.4. The van der Waals surface area contributed by atoms with E-state index in [9.17, 15) is 30.0 Å². The lowest BCUT2D eigenvalue weighted by molar-refractivity contribution is -0.147. The van der Waals surface area contributed by atoms with E-state index in [0.717, 1.165) is 24.5 Å². The third kappa shape index (κ3) is 6.73. The van der Waals surface area contributed by atoms with Gasteiger partial charge in [0, 0.05) is 11.5 Å². The molecule has 0 spiro atoms. The number of allylic oxidation sites excluding steroid dienone is 4. The molecule has 6 nitrogen and oxygen atoms in total. The number of aliphatic hydroxyl groups excluding tert-OH is 1. The summed E-state index contributed by atoms with van der Waals surface area (Å²) in [6.45, 7) is 9.15. The van der Waals surface area contributed by atoms with Crippen LogP contribution in [0.25, 0.3) is 0 Å². The number of hydrogen-bond donors (Lipinski definition) is 4. The van der Waals surface area contributed by atoms with Crippen LogP contribution in [0.15, 0.2) is 41.5 Å². The number of aliphatic hydroxyl groups is 1. The molecule has 0 aliphatic carbocycles. The molecule has 1 rings (SSSR count). The number of rotatable bonds is 11. The number of carboxylic acids is 1. The predicted molar refractivity (Wildman–Crippen MR) is 117 cm³/mol. The molecule has 0 radical (unpaired) electrons. The van der Waals surface area contributed by atoms with Gasteiger partial charge in [-0.15, -0.1) is 0 Å². The molecule has 0 saturated carbocycles. The molecule has 30 heavy (non-hydrogen) atoms. The zero-order valence-corrected chi connectivity index (χ0v) is 18.5. The Balaban J connectivity index is 3.10. The van der Waals surface area contributed by atoms with Crippen LogP contribution < -0.4 is 0 Å². The Morgan fingerprint density at radius 3 is 2.23 bits per heavy atom. The molecule has 0 amide bonds. The second kappa shape index (κ2) is 11.0. The predicted octanol–water partition coefficient (Wildman–Crippen LogP) is 4.84. The van der Waals surface area contributed by atoms with Crippen molar-refractivity contribution in [2.45, 2.75) is 66.4 Å². The maximum atomic E-state index is 13.0. The van der Waals surface area contributed by atoms with Gasteiger partial charge in [0.05, 0.1) is 11.7 Å².